The van der Waals surface area contributed by atoms with Gasteiger partial charge in [0.05, 0.1) is 11.9 Å². The minimum atomic E-state index is -0.744. The van der Waals surface area contributed by atoms with Crippen LogP contribution in [0, 0.1) is 0 Å². The van der Waals surface area contributed by atoms with Crippen molar-refractivity contribution < 1.29 is 19.4 Å². The molecule has 8 heteroatoms. The zero-order valence-electron chi connectivity index (χ0n) is 14.8. The number of ether oxygens (including phenoxy) is 1. The maximum Gasteiger partial charge on any atom is 0.294 e. The smallest absolute Gasteiger partial charge is 0.294 e. The molecule has 0 aliphatic rings. The maximum absolute atomic E-state index is 12.2. The Morgan fingerprint density at radius 2 is 1.75 bits per heavy atom. The number of carbonyl (C=O) groups excluding carboxylic acids is 2. The van der Waals surface area contributed by atoms with E-state index in [1.807, 2.05) is 18.2 Å². The second-order valence-electron chi connectivity index (χ2n) is 5.68. The van der Waals surface area contributed by atoms with Gasteiger partial charge in [-0.25, -0.2) is 4.68 Å². The first-order valence-corrected chi connectivity index (χ1v) is 8.37. The highest BCUT2D eigenvalue weighted by Crippen LogP contribution is 2.17. The molecular weight excluding hydrogens is 360 g/mol. The molecule has 2 aromatic carbocycles. The predicted molar refractivity (Wildman–Crippen MR) is 102 cm³/mol. The van der Waals surface area contributed by atoms with E-state index >= 15 is 0 Å². The van der Waals surface area contributed by atoms with Gasteiger partial charge in [0.2, 0.25) is 0 Å². The number of rotatable bonds is 6. The van der Waals surface area contributed by atoms with Crippen LogP contribution in [0.3, 0.4) is 0 Å². The molecule has 1 heterocycles. The first-order chi connectivity index (χ1) is 13.6. The lowest BCUT2D eigenvalue weighted by Gasteiger charge is -2.07. The Balaban J connectivity index is 1.61. The van der Waals surface area contributed by atoms with Crippen LogP contribution in [0.4, 0.5) is 0 Å². The topological polar surface area (TPSA) is 105 Å². The van der Waals surface area contributed by atoms with Gasteiger partial charge in [0, 0.05) is 5.56 Å². The van der Waals surface area contributed by atoms with Crippen molar-refractivity contribution in [1.82, 2.24) is 20.6 Å². The van der Waals surface area contributed by atoms with Gasteiger partial charge < -0.3 is 9.84 Å². The van der Waals surface area contributed by atoms with Gasteiger partial charge >= 0.3 is 0 Å². The summed E-state index contributed by atoms with van der Waals surface area (Å²) in [6, 6.07) is 15.4. The van der Waals surface area contributed by atoms with E-state index in [1.54, 1.807) is 42.5 Å². The number of hydrogen-bond donors (Lipinski definition) is 3. The molecule has 0 saturated carbocycles. The molecule has 8 nitrogen and oxygen atoms in total. The van der Waals surface area contributed by atoms with Crippen LogP contribution < -0.4 is 15.6 Å². The molecule has 3 aromatic rings. The van der Waals surface area contributed by atoms with Gasteiger partial charge in [0.15, 0.2) is 11.4 Å². The number of hydrogen-bond acceptors (Lipinski definition) is 5. The number of aromatic nitrogens is 2. The van der Waals surface area contributed by atoms with Crippen LogP contribution in [0.2, 0.25) is 0 Å². The number of nitrogens with zero attached hydrogens (tertiary/aromatic N) is 2. The van der Waals surface area contributed by atoms with Crippen molar-refractivity contribution in [3.05, 3.63) is 84.7 Å². The number of carbonyl (C=O) groups is 2. The first kappa shape index (κ1) is 18.7. The van der Waals surface area contributed by atoms with E-state index in [0.717, 1.165) is 0 Å². The Bertz CT molecular complexity index is 981. The summed E-state index contributed by atoms with van der Waals surface area (Å²) < 4.78 is 6.71. The Morgan fingerprint density at radius 1 is 1.07 bits per heavy atom. The Kier molecular flexibility index (Phi) is 5.71. The summed E-state index contributed by atoms with van der Waals surface area (Å²) in [4.78, 5) is 24.4. The average molecular weight is 378 g/mol. The van der Waals surface area contributed by atoms with Crippen molar-refractivity contribution in [3.63, 3.8) is 0 Å². The third-order valence-corrected chi connectivity index (χ3v) is 3.70. The van der Waals surface area contributed by atoms with E-state index in [1.165, 1.54) is 10.9 Å². The molecule has 0 aliphatic carbocycles. The van der Waals surface area contributed by atoms with E-state index in [9.17, 15) is 14.7 Å². The van der Waals surface area contributed by atoms with E-state index in [-0.39, 0.29) is 11.4 Å². The Hall–Kier alpha value is -4.07. The second-order valence-corrected chi connectivity index (χ2v) is 5.68. The molecule has 0 saturated heterocycles. The highest BCUT2D eigenvalue weighted by molar-refractivity contribution is 5.99. The molecule has 0 atom stereocenters. The van der Waals surface area contributed by atoms with E-state index in [4.69, 9.17) is 4.74 Å². The van der Waals surface area contributed by atoms with Crippen LogP contribution in [-0.4, -0.2) is 33.3 Å². The minimum Gasteiger partial charge on any atom is -0.504 e. The average Bonchev–Trinajstić information content (AvgIpc) is 3.13. The molecule has 1 aromatic heterocycles. The highest BCUT2D eigenvalue weighted by atomic mass is 16.5. The molecule has 0 spiro atoms. The number of para-hydroxylation sites is 1. The normalized spacial score (nSPS) is 10.1. The fraction of sp³-hybridized carbons (Fsp3) is 0.0500. The van der Waals surface area contributed by atoms with Crippen molar-refractivity contribution in [1.29, 1.82) is 0 Å². The molecule has 0 aliphatic heterocycles. The van der Waals surface area contributed by atoms with Crippen molar-refractivity contribution >= 4 is 11.8 Å². The van der Waals surface area contributed by atoms with Gasteiger partial charge in [0.25, 0.3) is 11.8 Å². The van der Waals surface area contributed by atoms with E-state index in [0.29, 0.717) is 23.6 Å². The SMILES string of the molecule is C=CCOc1ccc(C(=O)NNC(=O)c2nn(-c3ccccc3)cc2O)cc1. The summed E-state index contributed by atoms with van der Waals surface area (Å²) in [6.07, 6.45) is 2.93. The second kappa shape index (κ2) is 8.54. The van der Waals surface area contributed by atoms with Crippen LogP contribution in [-0.2, 0) is 0 Å². The number of amides is 2. The fourth-order valence-electron chi connectivity index (χ4n) is 2.34. The number of benzene rings is 2. The summed E-state index contributed by atoms with van der Waals surface area (Å²) >= 11 is 0. The quantitative estimate of drug-likeness (QED) is 0.451. The molecule has 3 rings (SSSR count). The van der Waals surface area contributed by atoms with Crippen molar-refractivity contribution in [2.75, 3.05) is 6.61 Å². The molecule has 3 N–H and O–H groups in total. The monoisotopic (exact) mass is 378 g/mol. The summed E-state index contributed by atoms with van der Waals surface area (Å²) in [5.41, 5.74) is 5.31. The molecule has 2 amide bonds. The van der Waals surface area contributed by atoms with Crippen LogP contribution in [0.25, 0.3) is 5.69 Å². The zero-order chi connectivity index (χ0) is 19.9. The summed E-state index contributed by atoms with van der Waals surface area (Å²) in [5.74, 6) is -0.978. The number of nitrogens with one attached hydrogen (secondary N) is 2. The van der Waals surface area contributed by atoms with Crippen LogP contribution in [0.1, 0.15) is 20.8 Å². The Labute approximate surface area is 161 Å². The molecule has 0 bridgehead atoms. The summed E-state index contributed by atoms with van der Waals surface area (Å²) in [7, 11) is 0. The Morgan fingerprint density at radius 3 is 2.43 bits per heavy atom. The van der Waals surface area contributed by atoms with Gasteiger partial charge in [-0.1, -0.05) is 30.9 Å². The fourth-order valence-corrected chi connectivity index (χ4v) is 2.34. The third-order valence-electron chi connectivity index (χ3n) is 3.70. The van der Waals surface area contributed by atoms with Gasteiger partial charge in [0.1, 0.15) is 12.4 Å². The van der Waals surface area contributed by atoms with Gasteiger partial charge in [-0.15, -0.1) is 0 Å². The lowest BCUT2D eigenvalue weighted by atomic mass is 10.2. The summed E-state index contributed by atoms with van der Waals surface area (Å²) in [6.45, 7) is 3.92. The first-order valence-electron chi connectivity index (χ1n) is 8.37. The largest absolute Gasteiger partial charge is 0.504 e. The van der Waals surface area contributed by atoms with Gasteiger partial charge in [-0.2, -0.15) is 5.10 Å². The minimum absolute atomic E-state index is 0.211. The highest BCUT2D eigenvalue weighted by Gasteiger charge is 2.18. The maximum atomic E-state index is 12.2. The molecule has 0 fully saturated rings. The van der Waals surface area contributed by atoms with Crippen molar-refractivity contribution in [2.24, 2.45) is 0 Å². The predicted octanol–water partition coefficient (Wildman–Crippen LogP) is 2.22. The standard InChI is InChI=1S/C20H18N4O4/c1-2-12-28-16-10-8-14(9-11-16)19(26)21-22-20(27)18-17(25)13-24(23-18)15-6-4-3-5-7-15/h2-11,13,25H,1,12H2,(H,21,26)(H,22,27). The van der Waals surface area contributed by atoms with Crippen molar-refractivity contribution in [3.8, 4) is 17.2 Å². The van der Waals surface area contributed by atoms with Gasteiger partial charge in [-0.3, -0.25) is 20.4 Å². The third kappa shape index (κ3) is 4.36. The lowest BCUT2D eigenvalue weighted by Crippen LogP contribution is -2.41. The lowest BCUT2D eigenvalue weighted by molar-refractivity contribution is 0.0842. The molecule has 142 valence electrons. The zero-order valence-corrected chi connectivity index (χ0v) is 14.8. The molecular formula is C20H18N4O4. The van der Waals surface area contributed by atoms with Crippen LogP contribution >= 0.6 is 0 Å². The number of hydrazine groups is 1. The van der Waals surface area contributed by atoms with Crippen LogP contribution in [0.15, 0.2) is 73.4 Å². The molecule has 0 radical (unpaired) electrons. The molecule has 28 heavy (non-hydrogen) atoms. The van der Waals surface area contributed by atoms with E-state index < -0.39 is 11.8 Å². The van der Waals surface area contributed by atoms with Crippen molar-refractivity contribution in [2.45, 2.75) is 0 Å². The van der Waals surface area contributed by atoms with Crippen LogP contribution in [0.5, 0.6) is 11.5 Å². The number of aromatic hydroxyl groups is 1. The van der Waals surface area contributed by atoms with Gasteiger partial charge in [-0.05, 0) is 36.4 Å². The van der Waals surface area contributed by atoms with E-state index in [2.05, 4.69) is 22.5 Å². The summed E-state index contributed by atoms with van der Waals surface area (Å²) in [5, 5.41) is 14.0. The molecule has 0 unspecified atom stereocenters.